The third-order valence-electron chi connectivity index (χ3n) is 5.57. The summed E-state index contributed by atoms with van der Waals surface area (Å²) in [7, 11) is 0. The number of benzene rings is 3. The number of nitro benzene ring substituents is 1. The molecule has 36 heavy (non-hydrogen) atoms. The van der Waals surface area contributed by atoms with Crippen LogP contribution in [0.2, 0.25) is 0 Å². The molecule has 1 atom stereocenters. The molecule has 3 aromatic carbocycles. The first-order valence-electron chi connectivity index (χ1n) is 11.7. The fourth-order valence-corrected chi connectivity index (χ4v) is 4.16. The zero-order valence-electron chi connectivity index (χ0n) is 20.6. The van der Waals surface area contributed by atoms with Crippen LogP contribution in [0.4, 0.5) is 5.69 Å². The van der Waals surface area contributed by atoms with Crippen LogP contribution in [0.15, 0.2) is 83.3 Å². The van der Waals surface area contributed by atoms with E-state index < -0.39 is 16.5 Å². The summed E-state index contributed by atoms with van der Waals surface area (Å²) in [5, 5.41) is 14.6. The van der Waals surface area contributed by atoms with Crippen molar-refractivity contribution in [3.8, 4) is 0 Å². The van der Waals surface area contributed by atoms with Crippen LogP contribution >= 0.6 is 15.9 Å². The molecule has 0 aromatic heterocycles. The van der Waals surface area contributed by atoms with E-state index in [0.717, 1.165) is 15.6 Å². The van der Waals surface area contributed by atoms with E-state index in [0.29, 0.717) is 12.0 Å². The van der Waals surface area contributed by atoms with Gasteiger partial charge in [-0.3, -0.25) is 19.7 Å². The first kappa shape index (κ1) is 27.1. The second kappa shape index (κ2) is 11.9. The Balaban J connectivity index is 2.02. The first-order valence-corrected chi connectivity index (χ1v) is 12.4. The van der Waals surface area contributed by atoms with Gasteiger partial charge in [0.15, 0.2) is 0 Å². The molecule has 7 nitrogen and oxygen atoms in total. The Labute approximate surface area is 219 Å². The van der Waals surface area contributed by atoms with E-state index in [2.05, 4.69) is 21.2 Å². The number of hydrogen-bond donors (Lipinski definition) is 1. The lowest BCUT2D eigenvalue weighted by Gasteiger charge is -2.34. The van der Waals surface area contributed by atoms with Gasteiger partial charge in [-0.2, -0.15) is 0 Å². The Kier molecular flexibility index (Phi) is 8.98. The number of nitrogens with one attached hydrogen (secondary N) is 1. The molecule has 3 aromatic rings. The van der Waals surface area contributed by atoms with Gasteiger partial charge in [-0.25, -0.2) is 0 Å². The van der Waals surface area contributed by atoms with Gasteiger partial charge in [0, 0.05) is 34.6 Å². The molecule has 0 fully saturated rings. The summed E-state index contributed by atoms with van der Waals surface area (Å²) >= 11 is 3.43. The molecule has 0 unspecified atom stereocenters. The lowest BCUT2D eigenvalue weighted by atomic mass is 9.99. The first-order chi connectivity index (χ1) is 17.0. The van der Waals surface area contributed by atoms with E-state index >= 15 is 0 Å². The number of rotatable bonds is 9. The summed E-state index contributed by atoms with van der Waals surface area (Å²) < 4.78 is 0.898. The summed E-state index contributed by atoms with van der Waals surface area (Å²) in [6.45, 7) is 5.85. The number of halogens is 1. The highest BCUT2D eigenvalue weighted by atomic mass is 79.9. The summed E-state index contributed by atoms with van der Waals surface area (Å²) in [6.07, 6.45) is 0.115. The van der Waals surface area contributed by atoms with Gasteiger partial charge in [0.2, 0.25) is 11.8 Å². The minimum Gasteiger partial charge on any atom is -0.350 e. The maximum Gasteiger partial charge on any atom is 0.273 e. The van der Waals surface area contributed by atoms with E-state index in [4.69, 9.17) is 0 Å². The largest absolute Gasteiger partial charge is 0.350 e. The summed E-state index contributed by atoms with van der Waals surface area (Å²) in [4.78, 5) is 39.9. The zero-order chi connectivity index (χ0) is 26.3. The van der Waals surface area contributed by atoms with Crippen molar-refractivity contribution in [3.63, 3.8) is 0 Å². The number of nitro groups is 1. The SMILES string of the molecule is CC(C)(C)NC(=O)[C@H](Cc1ccccc1)N(Cc1ccc(Br)cc1)C(=O)Cc1ccccc1[N+](=O)[O-]. The molecule has 0 heterocycles. The molecule has 0 spiro atoms. The minimum absolute atomic E-state index is 0.117. The lowest BCUT2D eigenvalue weighted by molar-refractivity contribution is -0.385. The summed E-state index contributed by atoms with van der Waals surface area (Å²) in [5.41, 5.74) is 1.44. The van der Waals surface area contributed by atoms with E-state index in [1.807, 2.05) is 75.4 Å². The maximum atomic E-state index is 13.8. The molecule has 0 saturated carbocycles. The molecule has 188 valence electrons. The maximum absolute atomic E-state index is 13.8. The predicted octanol–water partition coefficient (Wildman–Crippen LogP) is 5.45. The molecule has 2 amide bonds. The van der Waals surface area contributed by atoms with Crippen molar-refractivity contribution in [2.24, 2.45) is 0 Å². The van der Waals surface area contributed by atoms with Crippen LogP contribution in [0.5, 0.6) is 0 Å². The van der Waals surface area contributed by atoms with Gasteiger partial charge >= 0.3 is 0 Å². The molecule has 0 saturated heterocycles. The number of carbonyl (C=O) groups is 2. The van der Waals surface area contributed by atoms with Crippen LogP contribution in [-0.4, -0.2) is 33.2 Å². The van der Waals surface area contributed by atoms with Crippen molar-refractivity contribution in [1.82, 2.24) is 10.2 Å². The van der Waals surface area contributed by atoms with E-state index in [-0.39, 0.29) is 30.5 Å². The highest BCUT2D eigenvalue weighted by Gasteiger charge is 2.33. The van der Waals surface area contributed by atoms with Crippen molar-refractivity contribution in [2.45, 2.75) is 51.7 Å². The second-order valence-corrected chi connectivity index (χ2v) is 10.6. The Bertz CT molecular complexity index is 1210. The minimum atomic E-state index is -0.814. The number of nitrogens with zero attached hydrogens (tertiary/aromatic N) is 2. The molecule has 0 bridgehead atoms. The second-order valence-electron chi connectivity index (χ2n) is 9.66. The zero-order valence-corrected chi connectivity index (χ0v) is 22.2. The molecule has 0 radical (unpaired) electrons. The van der Waals surface area contributed by atoms with Crippen molar-refractivity contribution in [2.75, 3.05) is 0 Å². The fourth-order valence-electron chi connectivity index (χ4n) is 3.90. The van der Waals surface area contributed by atoms with E-state index in [9.17, 15) is 19.7 Å². The standard InChI is InChI=1S/C28H30BrN3O4/c1-28(2,3)30-27(34)25(17-20-9-5-4-6-10-20)31(19-21-13-15-23(29)16-14-21)26(33)18-22-11-7-8-12-24(22)32(35)36/h4-16,25H,17-19H2,1-3H3,(H,30,34)/t25-/m0/s1. The van der Waals surface area contributed by atoms with Crippen LogP contribution in [0.1, 0.15) is 37.5 Å². The average molecular weight is 552 g/mol. The van der Waals surface area contributed by atoms with Gasteiger partial charge in [0.05, 0.1) is 11.3 Å². The van der Waals surface area contributed by atoms with Crippen molar-refractivity contribution < 1.29 is 14.5 Å². The van der Waals surface area contributed by atoms with Crippen LogP contribution in [0.3, 0.4) is 0 Å². The molecule has 0 aliphatic carbocycles. The Morgan fingerprint density at radius 3 is 2.17 bits per heavy atom. The third kappa shape index (κ3) is 7.75. The highest BCUT2D eigenvalue weighted by Crippen LogP contribution is 2.22. The van der Waals surface area contributed by atoms with Crippen LogP contribution < -0.4 is 5.32 Å². The number of para-hydroxylation sites is 1. The van der Waals surface area contributed by atoms with Gasteiger partial charge in [-0.05, 0) is 44.0 Å². The average Bonchev–Trinajstić information content (AvgIpc) is 2.82. The van der Waals surface area contributed by atoms with Gasteiger partial charge in [0.1, 0.15) is 6.04 Å². The lowest BCUT2D eigenvalue weighted by Crippen LogP contribution is -2.54. The quantitative estimate of drug-likeness (QED) is 0.282. The van der Waals surface area contributed by atoms with Gasteiger partial charge in [-0.15, -0.1) is 0 Å². The van der Waals surface area contributed by atoms with Gasteiger partial charge in [0.25, 0.3) is 5.69 Å². The number of amides is 2. The molecule has 0 aliphatic heterocycles. The summed E-state index contributed by atoms with van der Waals surface area (Å²) in [5.74, 6) is -0.642. The van der Waals surface area contributed by atoms with Crippen LogP contribution in [-0.2, 0) is 29.0 Å². The smallest absolute Gasteiger partial charge is 0.273 e. The monoisotopic (exact) mass is 551 g/mol. The topological polar surface area (TPSA) is 92.6 Å². The van der Waals surface area contributed by atoms with Crippen LogP contribution in [0.25, 0.3) is 0 Å². The fraction of sp³-hybridized carbons (Fsp3) is 0.286. The van der Waals surface area contributed by atoms with Crippen molar-refractivity contribution in [3.05, 3.63) is 110 Å². The molecular weight excluding hydrogens is 522 g/mol. The molecule has 8 heteroatoms. The van der Waals surface area contributed by atoms with Gasteiger partial charge < -0.3 is 10.2 Å². The predicted molar refractivity (Wildman–Crippen MR) is 143 cm³/mol. The van der Waals surface area contributed by atoms with Gasteiger partial charge in [-0.1, -0.05) is 76.6 Å². The van der Waals surface area contributed by atoms with E-state index in [1.54, 1.807) is 18.2 Å². The molecular formula is C28H30BrN3O4. The summed E-state index contributed by atoms with van der Waals surface area (Å²) in [6, 6.07) is 22.4. The van der Waals surface area contributed by atoms with Crippen LogP contribution in [0, 0.1) is 10.1 Å². The number of hydrogen-bond acceptors (Lipinski definition) is 4. The Morgan fingerprint density at radius 1 is 0.944 bits per heavy atom. The Hall–Kier alpha value is -3.52. The molecule has 1 N–H and O–H groups in total. The normalized spacial score (nSPS) is 12.0. The van der Waals surface area contributed by atoms with Crippen molar-refractivity contribution >= 4 is 33.4 Å². The third-order valence-corrected chi connectivity index (χ3v) is 6.09. The molecule has 3 rings (SSSR count). The highest BCUT2D eigenvalue weighted by molar-refractivity contribution is 9.10. The number of carbonyl (C=O) groups excluding carboxylic acids is 2. The van der Waals surface area contributed by atoms with E-state index in [1.165, 1.54) is 11.0 Å². The molecule has 0 aliphatic rings. The van der Waals surface area contributed by atoms with Crippen molar-refractivity contribution in [1.29, 1.82) is 0 Å². The Morgan fingerprint density at radius 2 is 1.56 bits per heavy atom.